The molecule has 0 radical (unpaired) electrons. The fraction of sp³-hybridized carbons (Fsp3) is 0.615. The van der Waals surface area contributed by atoms with Gasteiger partial charge in [-0.25, -0.2) is 0 Å². The molecule has 2 atom stereocenters. The Morgan fingerprint density at radius 1 is 1.50 bits per heavy atom. The summed E-state index contributed by atoms with van der Waals surface area (Å²) in [6.45, 7) is 2.12. The molecule has 3 nitrogen and oxygen atoms in total. The maximum absolute atomic E-state index is 12.2. The maximum atomic E-state index is 12.2. The van der Waals surface area contributed by atoms with Gasteiger partial charge in [0.2, 0.25) is 0 Å². The molecular formula is C13H16ClNO2S. The quantitative estimate of drug-likeness (QED) is 0.800. The molecule has 0 N–H and O–H groups in total. The summed E-state index contributed by atoms with van der Waals surface area (Å²) in [5.41, 5.74) is 0. The van der Waals surface area contributed by atoms with Crippen molar-refractivity contribution in [2.75, 3.05) is 19.7 Å². The number of thiophene rings is 1. The monoisotopic (exact) mass is 285 g/mol. The Labute approximate surface area is 116 Å². The number of fused-ring (bicyclic) bond motifs is 1. The molecule has 1 saturated heterocycles. The number of hydrogen-bond acceptors (Lipinski definition) is 4. The molecule has 1 saturated carbocycles. The van der Waals surface area contributed by atoms with Crippen LogP contribution in [0.4, 0.5) is 0 Å². The summed E-state index contributed by atoms with van der Waals surface area (Å²) in [5.74, 6) is 0.180. The number of hydrogen-bond donors (Lipinski definition) is 0. The lowest BCUT2D eigenvalue weighted by atomic mass is 10.1. The van der Waals surface area contributed by atoms with Crippen LogP contribution < -0.4 is 0 Å². The van der Waals surface area contributed by atoms with Crippen LogP contribution in [0.2, 0.25) is 4.34 Å². The van der Waals surface area contributed by atoms with Crippen LogP contribution in [0.3, 0.4) is 0 Å². The van der Waals surface area contributed by atoms with Gasteiger partial charge in [0.25, 0.3) is 0 Å². The smallest absolute Gasteiger partial charge is 0.186 e. The average Bonchev–Trinajstić information content (AvgIpc) is 2.97. The molecule has 3 rings (SSSR count). The van der Waals surface area contributed by atoms with Crippen LogP contribution in [-0.4, -0.2) is 42.5 Å². The fourth-order valence-electron chi connectivity index (χ4n) is 2.93. The van der Waals surface area contributed by atoms with Gasteiger partial charge in [-0.2, -0.15) is 0 Å². The first-order chi connectivity index (χ1) is 8.74. The third kappa shape index (κ3) is 2.48. The number of halogens is 1. The van der Waals surface area contributed by atoms with Gasteiger partial charge in [0.05, 0.1) is 28.5 Å². The zero-order valence-electron chi connectivity index (χ0n) is 10.1. The second kappa shape index (κ2) is 5.29. The van der Waals surface area contributed by atoms with E-state index in [4.69, 9.17) is 16.3 Å². The van der Waals surface area contributed by atoms with Crippen molar-refractivity contribution in [3.63, 3.8) is 0 Å². The van der Waals surface area contributed by atoms with E-state index < -0.39 is 0 Å². The highest BCUT2D eigenvalue weighted by molar-refractivity contribution is 7.18. The van der Waals surface area contributed by atoms with E-state index in [9.17, 15) is 4.79 Å². The third-order valence-electron chi connectivity index (χ3n) is 3.79. The Morgan fingerprint density at radius 3 is 3.17 bits per heavy atom. The Kier molecular flexibility index (Phi) is 3.71. The van der Waals surface area contributed by atoms with Crippen LogP contribution >= 0.6 is 22.9 Å². The van der Waals surface area contributed by atoms with E-state index in [-0.39, 0.29) is 5.78 Å². The van der Waals surface area contributed by atoms with Crippen molar-refractivity contribution in [2.24, 2.45) is 0 Å². The molecule has 1 aliphatic carbocycles. The number of morpholine rings is 1. The van der Waals surface area contributed by atoms with Crippen molar-refractivity contribution in [3.05, 3.63) is 21.3 Å². The van der Waals surface area contributed by atoms with Crippen LogP contribution in [0, 0.1) is 0 Å². The number of rotatable bonds is 3. The van der Waals surface area contributed by atoms with E-state index >= 15 is 0 Å². The summed E-state index contributed by atoms with van der Waals surface area (Å²) in [5, 5.41) is 0. The van der Waals surface area contributed by atoms with E-state index in [1.54, 1.807) is 6.07 Å². The van der Waals surface area contributed by atoms with Crippen LogP contribution in [0.15, 0.2) is 12.1 Å². The van der Waals surface area contributed by atoms with Gasteiger partial charge in [-0.05, 0) is 31.4 Å². The summed E-state index contributed by atoms with van der Waals surface area (Å²) < 4.78 is 6.43. The van der Waals surface area contributed by atoms with E-state index in [0.717, 1.165) is 30.9 Å². The molecule has 0 spiro atoms. The molecule has 0 aromatic carbocycles. The minimum absolute atomic E-state index is 0.180. The zero-order valence-corrected chi connectivity index (χ0v) is 11.7. The van der Waals surface area contributed by atoms with E-state index in [1.807, 2.05) is 6.07 Å². The summed E-state index contributed by atoms with van der Waals surface area (Å²) in [6, 6.07) is 4.05. The number of nitrogens with zero attached hydrogens (tertiary/aromatic N) is 1. The minimum atomic E-state index is 0.180. The Balaban J connectivity index is 1.66. The molecule has 0 amide bonds. The highest BCUT2D eigenvalue weighted by atomic mass is 35.5. The van der Waals surface area contributed by atoms with E-state index in [1.165, 1.54) is 17.8 Å². The molecule has 98 valence electrons. The first kappa shape index (κ1) is 12.6. The predicted molar refractivity (Wildman–Crippen MR) is 72.6 cm³/mol. The van der Waals surface area contributed by atoms with Crippen molar-refractivity contribution >= 4 is 28.7 Å². The molecule has 2 aliphatic rings. The molecule has 5 heteroatoms. The maximum Gasteiger partial charge on any atom is 0.186 e. The average molecular weight is 286 g/mol. The molecule has 1 aromatic heterocycles. The second-order valence-corrected chi connectivity index (χ2v) is 6.62. The van der Waals surface area contributed by atoms with Crippen LogP contribution in [0.5, 0.6) is 0 Å². The SMILES string of the molecule is O=C(CN1CCOC2CCCC21)c1ccc(Cl)s1. The Bertz CT molecular complexity index is 448. The number of Topliss-reactive ketones (excluding diaryl/α,β-unsaturated/α-hetero) is 1. The summed E-state index contributed by atoms with van der Waals surface area (Å²) in [6.07, 6.45) is 3.85. The van der Waals surface area contributed by atoms with Gasteiger partial charge in [-0.1, -0.05) is 11.6 Å². The fourth-order valence-corrected chi connectivity index (χ4v) is 3.90. The number of carbonyl (C=O) groups excluding carboxylic acids is 1. The van der Waals surface area contributed by atoms with E-state index in [0.29, 0.717) is 23.0 Å². The lowest BCUT2D eigenvalue weighted by Crippen LogP contribution is -2.50. The van der Waals surface area contributed by atoms with Gasteiger partial charge < -0.3 is 4.74 Å². The van der Waals surface area contributed by atoms with Gasteiger partial charge in [-0.15, -0.1) is 11.3 Å². The van der Waals surface area contributed by atoms with Crippen molar-refractivity contribution < 1.29 is 9.53 Å². The van der Waals surface area contributed by atoms with Gasteiger partial charge in [-0.3, -0.25) is 9.69 Å². The second-order valence-electron chi connectivity index (χ2n) is 4.90. The number of ketones is 1. The highest BCUT2D eigenvalue weighted by Gasteiger charge is 2.36. The Morgan fingerprint density at radius 2 is 2.39 bits per heavy atom. The van der Waals surface area contributed by atoms with Crippen molar-refractivity contribution in [2.45, 2.75) is 31.4 Å². The lowest BCUT2D eigenvalue weighted by Gasteiger charge is -2.37. The van der Waals surface area contributed by atoms with Crippen molar-refractivity contribution in [3.8, 4) is 0 Å². The van der Waals surface area contributed by atoms with Gasteiger partial charge in [0, 0.05) is 12.6 Å². The van der Waals surface area contributed by atoms with Gasteiger partial charge in [0.1, 0.15) is 0 Å². The lowest BCUT2D eigenvalue weighted by molar-refractivity contribution is -0.0522. The summed E-state index contributed by atoms with van der Waals surface area (Å²) in [7, 11) is 0. The highest BCUT2D eigenvalue weighted by Crippen LogP contribution is 2.30. The Hall–Kier alpha value is -0.420. The van der Waals surface area contributed by atoms with Crippen LogP contribution in [0.1, 0.15) is 28.9 Å². The molecule has 1 aliphatic heterocycles. The van der Waals surface area contributed by atoms with Crippen molar-refractivity contribution in [1.82, 2.24) is 4.90 Å². The van der Waals surface area contributed by atoms with Gasteiger partial charge in [0.15, 0.2) is 5.78 Å². The zero-order chi connectivity index (χ0) is 12.5. The van der Waals surface area contributed by atoms with Gasteiger partial charge >= 0.3 is 0 Å². The molecule has 2 heterocycles. The molecule has 18 heavy (non-hydrogen) atoms. The first-order valence-corrected chi connectivity index (χ1v) is 7.57. The first-order valence-electron chi connectivity index (χ1n) is 6.38. The largest absolute Gasteiger partial charge is 0.375 e. The molecule has 2 fully saturated rings. The van der Waals surface area contributed by atoms with Crippen molar-refractivity contribution in [1.29, 1.82) is 0 Å². The van der Waals surface area contributed by atoms with Crippen LogP contribution in [-0.2, 0) is 4.74 Å². The molecular weight excluding hydrogens is 270 g/mol. The summed E-state index contributed by atoms with van der Waals surface area (Å²) in [4.78, 5) is 15.2. The molecule has 1 aromatic rings. The number of carbonyl (C=O) groups is 1. The van der Waals surface area contributed by atoms with Crippen LogP contribution in [0.25, 0.3) is 0 Å². The predicted octanol–water partition coefficient (Wildman–Crippen LogP) is 2.84. The normalized spacial score (nSPS) is 28.3. The molecule has 2 unspecified atom stereocenters. The number of ether oxygens (including phenoxy) is 1. The standard InChI is InChI=1S/C13H16ClNO2S/c14-13-5-4-12(18-13)10(16)8-15-6-7-17-11-3-1-2-9(11)15/h4-5,9,11H,1-3,6-8H2. The van der Waals surface area contributed by atoms with E-state index in [2.05, 4.69) is 4.90 Å². The molecule has 0 bridgehead atoms. The minimum Gasteiger partial charge on any atom is -0.375 e. The topological polar surface area (TPSA) is 29.5 Å². The third-order valence-corrected chi connectivity index (χ3v) is 5.06. The summed E-state index contributed by atoms with van der Waals surface area (Å²) >= 11 is 7.24.